The second-order valence-electron chi connectivity index (χ2n) is 7.73. The maximum atomic E-state index is 13.6. The van der Waals surface area contributed by atoms with E-state index >= 15 is 0 Å². The van der Waals surface area contributed by atoms with Crippen LogP contribution in [0.5, 0.6) is 0 Å². The monoisotopic (exact) mass is 429 g/mol. The Morgan fingerprint density at radius 2 is 1.00 bits per heavy atom. The van der Waals surface area contributed by atoms with Crippen molar-refractivity contribution < 1.29 is 9.59 Å². The molecule has 0 unspecified atom stereocenters. The lowest BCUT2D eigenvalue weighted by Gasteiger charge is -2.45. The molecule has 0 saturated carbocycles. The second-order valence-corrected chi connectivity index (χ2v) is 8.58. The number of hydrogen-bond acceptors (Lipinski definition) is 2. The number of nitrogens with zero attached hydrogens (tertiary/aromatic N) is 1. The minimum Gasteiger partial charge on any atom is -0.274 e. The van der Waals surface area contributed by atoms with Gasteiger partial charge in [0.25, 0.3) is 0 Å². The molecular formula is C24H16BrNO2. The zero-order valence-electron chi connectivity index (χ0n) is 14.9. The number of amides is 2. The van der Waals surface area contributed by atoms with Crippen LogP contribution in [0.3, 0.4) is 0 Å². The molecule has 2 amide bonds. The third-order valence-corrected chi connectivity index (χ3v) is 7.21. The van der Waals surface area contributed by atoms with Gasteiger partial charge in [0.2, 0.25) is 11.8 Å². The highest BCUT2D eigenvalue weighted by Crippen LogP contribution is 2.61. The van der Waals surface area contributed by atoms with Gasteiger partial charge in [-0.25, -0.2) is 4.90 Å². The topological polar surface area (TPSA) is 37.4 Å². The third kappa shape index (κ3) is 1.89. The summed E-state index contributed by atoms with van der Waals surface area (Å²) in [5.74, 6) is -0.969. The number of anilines is 1. The van der Waals surface area contributed by atoms with Crippen LogP contribution in [0.15, 0.2) is 77.3 Å². The van der Waals surface area contributed by atoms with E-state index < -0.39 is 0 Å². The van der Waals surface area contributed by atoms with Crippen molar-refractivity contribution in [1.82, 2.24) is 0 Å². The average molecular weight is 430 g/mol. The Labute approximate surface area is 171 Å². The highest BCUT2D eigenvalue weighted by atomic mass is 79.9. The highest BCUT2D eigenvalue weighted by Gasteiger charge is 2.61. The van der Waals surface area contributed by atoms with E-state index in [1.54, 1.807) is 0 Å². The molecule has 0 spiro atoms. The summed E-state index contributed by atoms with van der Waals surface area (Å²) >= 11 is 3.52. The van der Waals surface area contributed by atoms with Crippen molar-refractivity contribution in [2.75, 3.05) is 4.90 Å². The van der Waals surface area contributed by atoms with Gasteiger partial charge in [0, 0.05) is 16.3 Å². The van der Waals surface area contributed by atoms with Crippen molar-refractivity contribution in [2.45, 2.75) is 11.8 Å². The smallest absolute Gasteiger partial charge is 0.238 e. The molecule has 0 N–H and O–H groups in total. The van der Waals surface area contributed by atoms with Gasteiger partial charge >= 0.3 is 0 Å². The molecule has 1 saturated heterocycles. The second kappa shape index (κ2) is 5.65. The molecule has 4 heteroatoms. The molecule has 28 heavy (non-hydrogen) atoms. The van der Waals surface area contributed by atoms with Crippen molar-refractivity contribution in [3.63, 3.8) is 0 Å². The van der Waals surface area contributed by atoms with E-state index in [2.05, 4.69) is 40.2 Å². The number of carbonyl (C=O) groups excluding carboxylic acids is 2. The lowest BCUT2D eigenvalue weighted by Crippen LogP contribution is -2.41. The molecular weight excluding hydrogens is 414 g/mol. The van der Waals surface area contributed by atoms with Crippen LogP contribution in [-0.2, 0) is 9.59 Å². The summed E-state index contributed by atoms with van der Waals surface area (Å²) in [4.78, 5) is 28.6. The van der Waals surface area contributed by atoms with E-state index in [4.69, 9.17) is 0 Å². The van der Waals surface area contributed by atoms with Crippen LogP contribution in [0.2, 0.25) is 0 Å². The molecule has 3 nitrogen and oxygen atoms in total. The fraction of sp³-hybridized carbons (Fsp3) is 0.167. The molecule has 3 aromatic rings. The molecule has 3 aliphatic carbocycles. The third-order valence-electron chi connectivity index (χ3n) is 6.54. The number of carbonyl (C=O) groups is 2. The molecule has 2 bridgehead atoms. The normalized spacial score (nSPS) is 26.8. The zero-order chi connectivity index (χ0) is 19.0. The van der Waals surface area contributed by atoms with Gasteiger partial charge in [0.05, 0.1) is 17.5 Å². The van der Waals surface area contributed by atoms with Crippen LogP contribution in [-0.4, -0.2) is 11.8 Å². The molecule has 1 heterocycles. The Hall–Kier alpha value is -2.72. The Morgan fingerprint density at radius 1 is 0.607 bits per heavy atom. The Balaban J connectivity index is 1.59. The number of benzene rings is 3. The van der Waals surface area contributed by atoms with Crippen LogP contribution < -0.4 is 4.90 Å². The maximum Gasteiger partial charge on any atom is 0.238 e. The number of hydrogen-bond donors (Lipinski definition) is 0. The number of rotatable bonds is 1. The largest absolute Gasteiger partial charge is 0.274 e. The van der Waals surface area contributed by atoms with Gasteiger partial charge in [0.1, 0.15) is 0 Å². The van der Waals surface area contributed by atoms with E-state index in [-0.39, 0.29) is 35.5 Å². The molecule has 1 fully saturated rings. The van der Waals surface area contributed by atoms with Crippen LogP contribution in [0.25, 0.3) is 0 Å². The molecule has 3 aromatic carbocycles. The van der Waals surface area contributed by atoms with Crippen LogP contribution in [0.4, 0.5) is 5.69 Å². The highest BCUT2D eigenvalue weighted by molar-refractivity contribution is 9.10. The summed E-state index contributed by atoms with van der Waals surface area (Å²) in [6.45, 7) is 0. The average Bonchev–Trinajstić information content (AvgIpc) is 2.99. The summed E-state index contributed by atoms with van der Waals surface area (Å²) < 4.78 is 0.762. The summed E-state index contributed by atoms with van der Waals surface area (Å²) in [6.07, 6.45) is 0. The van der Waals surface area contributed by atoms with Crippen molar-refractivity contribution in [2.24, 2.45) is 11.8 Å². The zero-order valence-corrected chi connectivity index (χ0v) is 16.5. The van der Waals surface area contributed by atoms with E-state index in [0.29, 0.717) is 5.69 Å². The molecule has 0 aromatic heterocycles. The minimum absolute atomic E-state index is 0.0636. The van der Waals surface area contributed by atoms with Gasteiger partial charge in [-0.15, -0.1) is 0 Å². The first-order valence-electron chi connectivity index (χ1n) is 9.48. The van der Waals surface area contributed by atoms with E-state index in [1.165, 1.54) is 27.2 Å². The standard InChI is InChI=1S/C24H16BrNO2/c25-17-11-5-6-12-18(17)26-23(27)21-19-13-7-1-2-8-14(13)20(22(21)24(26)28)16-10-4-3-9-15(16)19/h1-12,19-22H/t19?,20?,21-,22-/m0/s1. The first kappa shape index (κ1) is 16.3. The van der Waals surface area contributed by atoms with E-state index in [1.807, 2.05) is 48.5 Å². The van der Waals surface area contributed by atoms with Crippen molar-refractivity contribution in [1.29, 1.82) is 0 Å². The van der Waals surface area contributed by atoms with Gasteiger partial charge < -0.3 is 0 Å². The Morgan fingerprint density at radius 3 is 1.43 bits per heavy atom. The summed E-state index contributed by atoms with van der Waals surface area (Å²) in [7, 11) is 0. The Kier molecular flexibility index (Phi) is 3.28. The van der Waals surface area contributed by atoms with Gasteiger partial charge in [-0.3, -0.25) is 9.59 Å². The fourth-order valence-corrected chi connectivity index (χ4v) is 6.01. The Bertz CT molecular complexity index is 1060. The van der Waals surface area contributed by atoms with E-state index in [0.717, 1.165) is 4.47 Å². The number of halogens is 1. The molecule has 4 aliphatic rings. The van der Waals surface area contributed by atoms with Crippen LogP contribution >= 0.6 is 15.9 Å². The predicted octanol–water partition coefficient (Wildman–Crippen LogP) is 4.85. The van der Waals surface area contributed by atoms with Gasteiger partial charge in [-0.2, -0.15) is 0 Å². The van der Waals surface area contributed by atoms with Crippen LogP contribution in [0.1, 0.15) is 34.1 Å². The van der Waals surface area contributed by atoms with Gasteiger partial charge in [0.15, 0.2) is 0 Å². The lowest BCUT2D eigenvalue weighted by atomic mass is 9.55. The number of imide groups is 1. The van der Waals surface area contributed by atoms with Crippen molar-refractivity contribution >= 4 is 33.4 Å². The van der Waals surface area contributed by atoms with Gasteiger partial charge in [-0.05, 0) is 50.3 Å². The molecule has 0 radical (unpaired) electrons. The minimum atomic E-state index is -0.339. The molecule has 7 rings (SSSR count). The first-order valence-corrected chi connectivity index (χ1v) is 10.3. The van der Waals surface area contributed by atoms with E-state index in [9.17, 15) is 9.59 Å². The first-order chi connectivity index (χ1) is 13.7. The lowest BCUT2D eigenvalue weighted by molar-refractivity contribution is -0.122. The van der Waals surface area contributed by atoms with Crippen molar-refractivity contribution in [3.05, 3.63) is 99.5 Å². The van der Waals surface area contributed by atoms with Crippen LogP contribution in [0, 0.1) is 11.8 Å². The molecule has 2 atom stereocenters. The fourth-order valence-electron chi connectivity index (χ4n) is 5.55. The maximum absolute atomic E-state index is 13.6. The summed E-state index contributed by atoms with van der Waals surface area (Å²) in [5, 5.41) is 0. The summed E-state index contributed by atoms with van der Waals surface area (Å²) in [5.41, 5.74) is 5.43. The quantitative estimate of drug-likeness (QED) is 0.518. The van der Waals surface area contributed by atoms with Crippen molar-refractivity contribution in [3.8, 4) is 0 Å². The summed E-state index contributed by atoms with van der Waals surface area (Å²) in [6, 6.07) is 24.1. The SMILES string of the molecule is O=C1[C@H]2C3c4ccccc4C(c4ccccc43)[C@@H]2C(=O)N1c1ccccc1Br. The van der Waals surface area contributed by atoms with Gasteiger partial charge in [-0.1, -0.05) is 60.7 Å². The predicted molar refractivity (Wildman–Crippen MR) is 110 cm³/mol. The number of para-hydroxylation sites is 1. The molecule has 136 valence electrons. The molecule has 1 aliphatic heterocycles.